The summed E-state index contributed by atoms with van der Waals surface area (Å²) in [4.78, 5) is 50.0. The molecule has 4 amide bonds. The van der Waals surface area contributed by atoms with E-state index in [4.69, 9.17) is 18.4 Å². The number of nitrogens with one attached hydrogen (secondary N) is 1. The Morgan fingerprint density at radius 3 is 2.32 bits per heavy atom. The lowest BCUT2D eigenvalue weighted by atomic mass is 10.0. The fourth-order valence-electron chi connectivity index (χ4n) is 3.91. The highest BCUT2D eigenvalue weighted by molar-refractivity contribution is 7.86. The van der Waals surface area contributed by atoms with Crippen molar-refractivity contribution in [3.05, 3.63) is 59.2 Å². The van der Waals surface area contributed by atoms with Crippen LogP contribution in [0.1, 0.15) is 39.1 Å². The minimum Gasteiger partial charge on any atom is -0.491 e. The molecule has 1 fully saturated rings. The van der Waals surface area contributed by atoms with E-state index in [1.165, 1.54) is 30.3 Å². The van der Waals surface area contributed by atoms with Crippen molar-refractivity contribution in [2.24, 2.45) is 0 Å². The Labute approximate surface area is 218 Å². The highest BCUT2D eigenvalue weighted by Crippen LogP contribution is 2.30. The zero-order valence-electron chi connectivity index (χ0n) is 20.5. The van der Waals surface area contributed by atoms with Crippen molar-refractivity contribution < 1.29 is 46.0 Å². The number of rotatable bonds is 12. The molecule has 4 rings (SSSR count). The van der Waals surface area contributed by atoms with E-state index in [1.807, 2.05) is 6.92 Å². The SMILES string of the molecule is Cc1ccc(S(=O)(=O)OCOCCOCCOc2ccc3c(c2)C(=O)N(C2CCC(=O)NC2=O)C3=O)cc1. The molecule has 1 N–H and O–H groups in total. The quantitative estimate of drug-likeness (QED) is 0.178. The van der Waals surface area contributed by atoms with Gasteiger partial charge in [-0.1, -0.05) is 17.7 Å². The number of nitrogens with zero attached hydrogens (tertiary/aromatic N) is 1. The first-order valence-corrected chi connectivity index (χ1v) is 13.2. The number of hydrogen-bond donors (Lipinski definition) is 1. The molecule has 1 unspecified atom stereocenters. The average Bonchev–Trinajstić information content (AvgIpc) is 3.12. The van der Waals surface area contributed by atoms with Crippen LogP contribution in [0.3, 0.4) is 0 Å². The van der Waals surface area contributed by atoms with Gasteiger partial charge in [0, 0.05) is 6.42 Å². The highest BCUT2D eigenvalue weighted by Gasteiger charge is 2.44. The second-order valence-corrected chi connectivity index (χ2v) is 10.1. The van der Waals surface area contributed by atoms with Crippen molar-refractivity contribution in [3.8, 4) is 5.75 Å². The first-order valence-electron chi connectivity index (χ1n) is 11.8. The summed E-state index contributed by atoms with van der Waals surface area (Å²) in [5, 5.41) is 2.15. The van der Waals surface area contributed by atoms with Gasteiger partial charge in [-0.15, -0.1) is 0 Å². The Morgan fingerprint density at radius 1 is 0.895 bits per heavy atom. The molecule has 0 radical (unpaired) electrons. The molecule has 0 aromatic heterocycles. The molecular formula is C25H26N2O10S. The average molecular weight is 547 g/mol. The molecule has 2 aromatic carbocycles. The smallest absolute Gasteiger partial charge is 0.299 e. The maximum Gasteiger partial charge on any atom is 0.299 e. The number of aryl methyl sites for hydroxylation is 1. The number of amides is 4. The van der Waals surface area contributed by atoms with Crippen molar-refractivity contribution in [1.29, 1.82) is 0 Å². The van der Waals surface area contributed by atoms with Gasteiger partial charge in [0.05, 0.1) is 35.8 Å². The van der Waals surface area contributed by atoms with Crippen LogP contribution in [0.15, 0.2) is 47.4 Å². The molecule has 2 aliphatic rings. The Kier molecular flexibility index (Phi) is 8.52. The van der Waals surface area contributed by atoms with Gasteiger partial charge in [-0.3, -0.25) is 29.4 Å². The van der Waals surface area contributed by atoms with Gasteiger partial charge in [0.2, 0.25) is 11.8 Å². The summed E-state index contributed by atoms with van der Waals surface area (Å²) in [6, 6.07) is 9.63. The molecule has 13 heteroatoms. The first kappa shape index (κ1) is 27.4. The maximum absolute atomic E-state index is 12.8. The van der Waals surface area contributed by atoms with E-state index in [9.17, 15) is 27.6 Å². The molecule has 38 heavy (non-hydrogen) atoms. The third-order valence-corrected chi connectivity index (χ3v) is 7.13. The third kappa shape index (κ3) is 6.25. The normalized spacial score (nSPS) is 17.5. The van der Waals surface area contributed by atoms with E-state index in [-0.39, 0.29) is 55.3 Å². The monoisotopic (exact) mass is 546 g/mol. The second-order valence-electron chi connectivity index (χ2n) is 8.53. The second kappa shape index (κ2) is 11.8. The molecule has 2 heterocycles. The van der Waals surface area contributed by atoms with Crippen molar-refractivity contribution in [2.45, 2.75) is 30.7 Å². The van der Waals surface area contributed by atoms with Crippen LogP contribution in [-0.2, 0) is 33.4 Å². The van der Waals surface area contributed by atoms with Gasteiger partial charge in [0.15, 0.2) is 6.79 Å². The van der Waals surface area contributed by atoms with Crippen LogP contribution in [0.4, 0.5) is 0 Å². The Hall–Kier alpha value is -3.65. The molecule has 0 aliphatic carbocycles. The Bertz CT molecular complexity index is 1340. The van der Waals surface area contributed by atoms with Crippen molar-refractivity contribution in [2.75, 3.05) is 33.2 Å². The van der Waals surface area contributed by atoms with Crippen LogP contribution in [0.5, 0.6) is 5.75 Å². The summed E-state index contributed by atoms with van der Waals surface area (Å²) in [6.45, 7) is 1.96. The molecule has 12 nitrogen and oxygen atoms in total. The van der Waals surface area contributed by atoms with Crippen molar-refractivity contribution in [1.82, 2.24) is 10.2 Å². The zero-order valence-corrected chi connectivity index (χ0v) is 21.3. The van der Waals surface area contributed by atoms with Gasteiger partial charge >= 0.3 is 0 Å². The molecule has 2 aliphatic heterocycles. The number of imide groups is 2. The van der Waals surface area contributed by atoms with Crippen LogP contribution in [0.2, 0.25) is 0 Å². The van der Waals surface area contributed by atoms with Gasteiger partial charge in [-0.05, 0) is 43.7 Å². The number of hydrogen-bond acceptors (Lipinski definition) is 10. The van der Waals surface area contributed by atoms with E-state index in [2.05, 4.69) is 5.32 Å². The molecule has 0 bridgehead atoms. The largest absolute Gasteiger partial charge is 0.491 e. The third-order valence-electron chi connectivity index (χ3n) is 5.88. The predicted molar refractivity (Wildman–Crippen MR) is 130 cm³/mol. The Balaban J connectivity index is 1.16. The minimum absolute atomic E-state index is 0.0430. The maximum atomic E-state index is 12.8. The molecule has 2 aromatic rings. The number of piperidine rings is 1. The number of carbonyl (C=O) groups is 4. The molecule has 0 spiro atoms. The summed E-state index contributed by atoms with van der Waals surface area (Å²) in [6.07, 6.45) is 0.123. The van der Waals surface area contributed by atoms with Crippen molar-refractivity contribution in [3.63, 3.8) is 0 Å². The van der Waals surface area contributed by atoms with Crippen LogP contribution in [-0.4, -0.2) is 76.2 Å². The van der Waals surface area contributed by atoms with Crippen LogP contribution in [0.25, 0.3) is 0 Å². The van der Waals surface area contributed by atoms with Crippen molar-refractivity contribution >= 4 is 33.7 Å². The lowest BCUT2D eigenvalue weighted by Gasteiger charge is -2.27. The zero-order chi connectivity index (χ0) is 27.3. The van der Waals surface area contributed by atoms with Gasteiger partial charge < -0.3 is 14.2 Å². The fourth-order valence-corrected chi connectivity index (χ4v) is 4.71. The molecular weight excluding hydrogens is 520 g/mol. The lowest BCUT2D eigenvalue weighted by molar-refractivity contribution is -0.136. The number of carbonyl (C=O) groups excluding carboxylic acids is 4. The predicted octanol–water partition coefficient (Wildman–Crippen LogP) is 1.17. The van der Waals surface area contributed by atoms with E-state index < -0.39 is 46.6 Å². The van der Waals surface area contributed by atoms with E-state index in [0.29, 0.717) is 5.75 Å². The summed E-state index contributed by atoms with van der Waals surface area (Å²) < 4.78 is 45.1. The number of fused-ring (bicyclic) bond motifs is 1. The minimum atomic E-state index is -3.90. The molecule has 0 saturated carbocycles. The van der Waals surface area contributed by atoms with Gasteiger partial charge in [0.1, 0.15) is 18.4 Å². The summed E-state index contributed by atoms with van der Waals surface area (Å²) in [5.74, 6) is -1.99. The lowest BCUT2D eigenvalue weighted by Crippen LogP contribution is -2.54. The molecule has 1 saturated heterocycles. The van der Waals surface area contributed by atoms with E-state index in [1.54, 1.807) is 12.1 Å². The number of benzene rings is 2. The van der Waals surface area contributed by atoms with E-state index in [0.717, 1.165) is 10.5 Å². The summed E-state index contributed by atoms with van der Waals surface area (Å²) in [5.41, 5.74) is 1.21. The molecule has 1 atom stereocenters. The summed E-state index contributed by atoms with van der Waals surface area (Å²) >= 11 is 0. The van der Waals surface area contributed by atoms with Crippen LogP contribution < -0.4 is 10.1 Å². The topological polar surface area (TPSA) is 155 Å². The van der Waals surface area contributed by atoms with Gasteiger partial charge in [0.25, 0.3) is 21.9 Å². The number of ether oxygens (including phenoxy) is 3. The first-order chi connectivity index (χ1) is 18.2. The standard InChI is InChI=1S/C25H26N2O10S/c1-16-2-5-18(6-3-16)38(32,33)37-15-35-11-10-34-12-13-36-17-4-7-19-20(14-17)25(31)27(24(19)30)21-8-9-22(28)26-23(21)29/h2-7,14,21H,8-13,15H2,1H3,(H,26,28,29). The van der Waals surface area contributed by atoms with Gasteiger partial charge in [-0.2, -0.15) is 8.42 Å². The van der Waals surface area contributed by atoms with Crippen LogP contribution >= 0.6 is 0 Å². The Morgan fingerprint density at radius 2 is 1.58 bits per heavy atom. The van der Waals surface area contributed by atoms with E-state index >= 15 is 0 Å². The summed E-state index contributed by atoms with van der Waals surface area (Å²) in [7, 11) is -3.90. The van der Waals surface area contributed by atoms with Gasteiger partial charge in [-0.25, -0.2) is 4.18 Å². The highest BCUT2D eigenvalue weighted by atomic mass is 32.2. The van der Waals surface area contributed by atoms with Crippen LogP contribution in [0, 0.1) is 6.92 Å². The molecule has 202 valence electrons. The fraction of sp³-hybridized carbons (Fsp3) is 0.360.